The van der Waals surface area contributed by atoms with Gasteiger partial charge in [-0.1, -0.05) is 0 Å². The molecule has 3 saturated heterocycles. The summed E-state index contributed by atoms with van der Waals surface area (Å²) in [6.45, 7) is 4.05. The number of carbonyl (C=O) groups is 6. The number of nitrogen functional groups attached to an aromatic ring is 1. The fourth-order valence-corrected chi connectivity index (χ4v) is 6.57. The van der Waals surface area contributed by atoms with E-state index in [0.717, 1.165) is 10.6 Å². The Hall–Kier alpha value is -5.05. The Morgan fingerprint density at radius 2 is 1.74 bits per heavy atom. The third-order valence-corrected chi connectivity index (χ3v) is 9.23. The lowest BCUT2D eigenvalue weighted by molar-refractivity contribution is -0.136. The van der Waals surface area contributed by atoms with E-state index in [1.165, 1.54) is 19.2 Å². The number of likely N-dealkylation sites (tertiary alicyclic amines) is 1. The third kappa shape index (κ3) is 6.35. The van der Waals surface area contributed by atoms with Gasteiger partial charge >= 0.3 is 0 Å². The molecule has 6 amide bonds. The van der Waals surface area contributed by atoms with Crippen LogP contribution < -0.4 is 26.0 Å². The van der Waals surface area contributed by atoms with Crippen molar-refractivity contribution < 1.29 is 37.9 Å². The topological polar surface area (TPSA) is 175 Å². The molecule has 4 N–H and O–H groups in total. The predicted octanol–water partition coefficient (Wildman–Crippen LogP) is 0.361. The maximum atomic E-state index is 14.5. The van der Waals surface area contributed by atoms with Gasteiger partial charge in [-0.15, -0.1) is 0 Å². The first-order valence-corrected chi connectivity index (χ1v) is 15.6. The summed E-state index contributed by atoms with van der Waals surface area (Å²) in [7, 11) is 1.40. The van der Waals surface area contributed by atoms with Crippen LogP contribution >= 0.6 is 0 Å². The van der Waals surface area contributed by atoms with Gasteiger partial charge in [0.25, 0.3) is 17.7 Å². The fraction of sp³-hybridized carbons (Fsp3) is 0.438. The Morgan fingerprint density at radius 1 is 1.00 bits per heavy atom. The zero-order valence-electron chi connectivity index (χ0n) is 25.9. The Morgan fingerprint density at radius 3 is 2.47 bits per heavy atom. The van der Waals surface area contributed by atoms with Crippen LogP contribution in [0.4, 0.5) is 15.8 Å². The number of hydrogen-bond acceptors (Lipinski definition) is 10. The minimum Gasteiger partial charge on any atom is -0.497 e. The number of piperidine rings is 1. The van der Waals surface area contributed by atoms with Gasteiger partial charge in [0.05, 0.1) is 29.5 Å². The van der Waals surface area contributed by atoms with E-state index < -0.39 is 41.4 Å². The largest absolute Gasteiger partial charge is 0.497 e. The molecule has 1 unspecified atom stereocenters. The van der Waals surface area contributed by atoms with Gasteiger partial charge in [-0.2, -0.15) is 0 Å². The highest BCUT2D eigenvalue weighted by Crippen LogP contribution is 2.31. The van der Waals surface area contributed by atoms with Gasteiger partial charge in [0.2, 0.25) is 17.7 Å². The fourth-order valence-electron chi connectivity index (χ4n) is 6.57. The van der Waals surface area contributed by atoms with Crippen molar-refractivity contribution in [1.29, 1.82) is 0 Å². The first-order chi connectivity index (χ1) is 22.5. The van der Waals surface area contributed by atoms with E-state index in [2.05, 4.69) is 20.4 Å². The van der Waals surface area contributed by atoms with Crippen molar-refractivity contribution in [3.05, 3.63) is 52.8 Å². The van der Waals surface area contributed by atoms with E-state index in [1.807, 2.05) is 0 Å². The van der Waals surface area contributed by atoms with Crippen molar-refractivity contribution in [3.63, 3.8) is 0 Å². The first-order valence-electron chi connectivity index (χ1n) is 15.6. The maximum absolute atomic E-state index is 14.5. The van der Waals surface area contributed by atoms with Gasteiger partial charge < -0.3 is 25.6 Å². The summed E-state index contributed by atoms with van der Waals surface area (Å²) in [4.78, 5) is 82.7. The number of carbonyl (C=O) groups excluding carboxylic acids is 6. The molecule has 47 heavy (non-hydrogen) atoms. The Balaban J connectivity index is 0.969. The van der Waals surface area contributed by atoms with E-state index in [1.54, 1.807) is 23.1 Å². The van der Waals surface area contributed by atoms with Crippen molar-refractivity contribution >= 4 is 46.8 Å². The summed E-state index contributed by atoms with van der Waals surface area (Å²) in [6.07, 6.45) is 1.03. The zero-order valence-corrected chi connectivity index (χ0v) is 25.9. The Kier molecular flexibility index (Phi) is 8.82. The first kappa shape index (κ1) is 31.9. The van der Waals surface area contributed by atoms with Crippen molar-refractivity contribution in [1.82, 2.24) is 25.3 Å². The van der Waals surface area contributed by atoms with Crippen LogP contribution in [0, 0.1) is 5.82 Å². The number of piperazine rings is 1. The molecule has 4 aliphatic heterocycles. The van der Waals surface area contributed by atoms with E-state index in [0.29, 0.717) is 58.7 Å². The standard InChI is InChI=1S/C32H36FN7O7/c1-47-20-15-23(28(33)24(34)16-20)29(43)35-18-6-9-39(17-18)27(42)7-8-37-10-12-38(13-11-37)19-2-3-21-22(14-19)32(46)40(31(21)45)25-4-5-26(41)36-30(25)44/h2-3,14-16,18,25H,4-13,17,34H2,1H3,(H,35,43)(H,36,41,44)/t18-,25?/m1/s1. The van der Waals surface area contributed by atoms with Crippen LogP contribution in [-0.4, -0.2) is 115 Å². The van der Waals surface area contributed by atoms with E-state index >= 15 is 0 Å². The van der Waals surface area contributed by atoms with E-state index in [-0.39, 0.29) is 52.9 Å². The second-order valence-electron chi connectivity index (χ2n) is 12.1. The molecule has 15 heteroatoms. The van der Waals surface area contributed by atoms with Gasteiger partial charge in [-0.05, 0) is 37.1 Å². The van der Waals surface area contributed by atoms with Gasteiger partial charge in [0.1, 0.15) is 11.8 Å². The highest BCUT2D eigenvalue weighted by Gasteiger charge is 2.44. The van der Waals surface area contributed by atoms with Gasteiger partial charge in [-0.25, -0.2) is 4.39 Å². The number of amides is 6. The monoisotopic (exact) mass is 649 g/mol. The zero-order chi connectivity index (χ0) is 33.4. The molecule has 2 atom stereocenters. The molecule has 14 nitrogen and oxygen atoms in total. The van der Waals surface area contributed by atoms with E-state index in [4.69, 9.17) is 10.5 Å². The maximum Gasteiger partial charge on any atom is 0.262 e. The second-order valence-corrected chi connectivity index (χ2v) is 12.1. The number of fused-ring (bicyclic) bond motifs is 1. The molecule has 4 heterocycles. The van der Waals surface area contributed by atoms with Gasteiger partial charge in [-0.3, -0.25) is 43.9 Å². The number of nitrogens with two attached hydrogens (primary N) is 1. The van der Waals surface area contributed by atoms with Crippen molar-refractivity contribution in [3.8, 4) is 5.75 Å². The third-order valence-electron chi connectivity index (χ3n) is 9.23. The number of anilines is 2. The lowest BCUT2D eigenvalue weighted by Gasteiger charge is -2.36. The molecule has 6 rings (SSSR count). The van der Waals surface area contributed by atoms with Crippen molar-refractivity contribution in [2.75, 3.05) is 63.6 Å². The number of ether oxygens (including phenoxy) is 1. The van der Waals surface area contributed by atoms with Crippen LogP contribution in [0.2, 0.25) is 0 Å². The molecule has 2 aromatic carbocycles. The van der Waals surface area contributed by atoms with Crippen LogP contribution in [0.5, 0.6) is 5.75 Å². The SMILES string of the molecule is COc1cc(N)c(F)c(C(=O)N[C@@H]2CCN(C(=O)CCN3CCN(c4ccc5c(c4)C(=O)N(C4CCC(=O)NC4=O)C5=O)CC3)C2)c1. The molecule has 0 bridgehead atoms. The molecule has 0 spiro atoms. The highest BCUT2D eigenvalue weighted by molar-refractivity contribution is 6.23. The molecule has 0 radical (unpaired) electrons. The average molecular weight is 650 g/mol. The summed E-state index contributed by atoms with van der Waals surface area (Å²) in [6, 6.07) is 6.35. The number of nitrogens with zero attached hydrogens (tertiary/aromatic N) is 4. The number of rotatable bonds is 8. The minimum absolute atomic E-state index is 0.0247. The van der Waals surface area contributed by atoms with E-state index in [9.17, 15) is 33.2 Å². The lowest BCUT2D eigenvalue weighted by atomic mass is 10.0. The van der Waals surface area contributed by atoms with Crippen molar-refractivity contribution in [2.45, 2.75) is 37.8 Å². The second kappa shape index (κ2) is 13.0. The smallest absolute Gasteiger partial charge is 0.262 e. The number of hydrogen-bond donors (Lipinski definition) is 3. The minimum atomic E-state index is -1.01. The Labute approximate surface area is 269 Å². The van der Waals surface area contributed by atoms with Crippen LogP contribution in [0.25, 0.3) is 0 Å². The van der Waals surface area contributed by atoms with Crippen LogP contribution in [0.15, 0.2) is 30.3 Å². The Bertz CT molecular complexity index is 1660. The molecule has 0 aromatic heterocycles. The summed E-state index contributed by atoms with van der Waals surface area (Å²) in [5.41, 5.74) is 6.53. The highest BCUT2D eigenvalue weighted by atomic mass is 19.1. The number of imide groups is 2. The van der Waals surface area contributed by atoms with Crippen LogP contribution in [0.3, 0.4) is 0 Å². The molecule has 0 aliphatic carbocycles. The van der Waals surface area contributed by atoms with Gasteiger partial charge in [0.15, 0.2) is 5.82 Å². The summed E-state index contributed by atoms with van der Waals surface area (Å²) >= 11 is 0. The molecule has 248 valence electrons. The predicted molar refractivity (Wildman–Crippen MR) is 166 cm³/mol. The number of halogens is 1. The summed E-state index contributed by atoms with van der Waals surface area (Å²) in [5, 5.41) is 5.00. The quantitative estimate of drug-likeness (QED) is 0.268. The molecule has 3 fully saturated rings. The van der Waals surface area contributed by atoms with Gasteiger partial charge in [0, 0.05) is 76.5 Å². The average Bonchev–Trinajstić information content (AvgIpc) is 3.63. The summed E-state index contributed by atoms with van der Waals surface area (Å²) < 4.78 is 19.6. The lowest BCUT2D eigenvalue weighted by Crippen LogP contribution is -2.54. The number of benzene rings is 2. The summed E-state index contributed by atoms with van der Waals surface area (Å²) in [5.74, 6) is -3.33. The van der Waals surface area contributed by atoms with Crippen LogP contribution in [-0.2, 0) is 14.4 Å². The van der Waals surface area contributed by atoms with Crippen LogP contribution in [0.1, 0.15) is 56.8 Å². The van der Waals surface area contributed by atoms with Crippen molar-refractivity contribution in [2.24, 2.45) is 0 Å². The molecular formula is C32H36FN7O7. The molecule has 2 aromatic rings. The molecular weight excluding hydrogens is 613 g/mol. The molecule has 0 saturated carbocycles. The number of nitrogens with one attached hydrogen (secondary N) is 2. The normalized spacial score (nSPS) is 21.6. The number of methoxy groups -OCH3 is 1. The molecule has 4 aliphatic rings.